The summed E-state index contributed by atoms with van der Waals surface area (Å²) in [4.78, 5) is 35.1. The van der Waals surface area contributed by atoms with Gasteiger partial charge in [-0.2, -0.15) is 0 Å². The molecule has 6 heteroatoms. The van der Waals surface area contributed by atoms with Gasteiger partial charge in [0, 0.05) is 17.2 Å². The van der Waals surface area contributed by atoms with Crippen molar-refractivity contribution in [2.24, 2.45) is 0 Å². The number of carbonyl (C=O) groups is 3. The first-order valence-electron chi connectivity index (χ1n) is 7.16. The van der Waals surface area contributed by atoms with Crippen LogP contribution in [0.15, 0.2) is 24.3 Å². The molecule has 120 valence electrons. The third-order valence-corrected chi connectivity index (χ3v) is 3.40. The van der Waals surface area contributed by atoms with E-state index in [-0.39, 0.29) is 18.4 Å². The molecule has 1 rings (SSSR count). The average Bonchev–Trinajstić information content (AvgIpc) is 2.46. The van der Waals surface area contributed by atoms with Crippen molar-refractivity contribution >= 4 is 17.8 Å². The Morgan fingerprint density at radius 3 is 1.91 bits per heavy atom. The molecule has 2 amide bonds. The summed E-state index contributed by atoms with van der Waals surface area (Å²) in [5, 5.41) is 14.4. The van der Waals surface area contributed by atoms with E-state index in [2.05, 4.69) is 10.6 Å². The molecule has 0 bridgehead atoms. The van der Waals surface area contributed by atoms with Gasteiger partial charge < -0.3 is 15.7 Å². The lowest BCUT2D eigenvalue weighted by Crippen LogP contribution is -2.51. The molecule has 3 N–H and O–H groups in total. The molecule has 0 aromatic heterocycles. The SMILES string of the molecule is CCC(C)(NC(=O)c1ccc(C(=O)NC(C)C)cc1)C(=O)O. The molecule has 0 spiro atoms. The van der Waals surface area contributed by atoms with E-state index < -0.39 is 17.4 Å². The van der Waals surface area contributed by atoms with E-state index in [0.29, 0.717) is 11.1 Å². The highest BCUT2D eigenvalue weighted by Gasteiger charge is 2.32. The Morgan fingerprint density at radius 2 is 1.55 bits per heavy atom. The minimum absolute atomic E-state index is 0.0244. The number of hydrogen-bond donors (Lipinski definition) is 3. The molecule has 1 atom stereocenters. The van der Waals surface area contributed by atoms with Crippen molar-refractivity contribution in [3.63, 3.8) is 0 Å². The van der Waals surface area contributed by atoms with Crippen LogP contribution < -0.4 is 10.6 Å². The van der Waals surface area contributed by atoms with E-state index in [1.54, 1.807) is 6.92 Å². The Kier molecular flexibility index (Phi) is 5.68. The summed E-state index contributed by atoms with van der Waals surface area (Å²) in [5.41, 5.74) is -0.561. The Labute approximate surface area is 129 Å². The number of carbonyl (C=O) groups excluding carboxylic acids is 2. The molecule has 22 heavy (non-hydrogen) atoms. The molecule has 6 nitrogen and oxygen atoms in total. The van der Waals surface area contributed by atoms with Crippen LogP contribution in [0.4, 0.5) is 0 Å². The van der Waals surface area contributed by atoms with Gasteiger partial charge in [-0.3, -0.25) is 9.59 Å². The lowest BCUT2D eigenvalue weighted by molar-refractivity contribution is -0.143. The lowest BCUT2D eigenvalue weighted by atomic mass is 9.98. The second-order valence-electron chi connectivity index (χ2n) is 5.65. The van der Waals surface area contributed by atoms with Crippen LogP contribution in [0.1, 0.15) is 54.8 Å². The Morgan fingerprint density at radius 1 is 1.09 bits per heavy atom. The number of carboxylic acid groups (broad SMARTS) is 1. The average molecular weight is 306 g/mol. The van der Waals surface area contributed by atoms with Crippen molar-refractivity contribution in [1.82, 2.24) is 10.6 Å². The van der Waals surface area contributed by atoms with Gasteiger partial charge in [0.15, 0.2) is 0 Å². The zero-order valence-electron chi connectivity index (χ0n) is 13.3. The number of amides is 2. The van der Waals surface area contributed by atoms with Crippen molar-refractivity contribution in [2.75, 3.05) is 0 Å². The van der Waals surface area contributed by atoms with E-state index in [9.17, 15) is 14.4 Å². The van der Waals surface area contributed by atoms with Gasteiger partial charge >= 0.3 is 5.97 Å². The number of carboxylic acids is 1. The van der Waals surface area contributed by atoms with Crippen LogP contribution in [-0.2, 0) is 4.79 Å². The number of benzene rings is 1. The van der Waals surface area contributed by atoms with Crippen LogP contribution in [0.3, 0.4) is 0 Å². The van der Waals surface area contributed by atoms with E-state index in [4.69, 9.17) is 5.11 Å². The molecular formula is C16H22N2O4. The van der Waals surface area contributed by atoms with E-state index in [0.717, 1.165) is 0 Å². The van der Waals surface area contributed by atoms with E-state index in [1.165, 1.54) is 31.2 Å². The number of nitrogens with one attached hydrogen (secondary N) is 2. The van der Waals surface area contributed by atoms with Crippen LogP contribution in [0, 0.1) is 0 Å². The minimum Gasteiger partial charge on any atom is -0.480 e. The predicted molar refractivity (Wildman–Crippen MR) is 82.8 cm³/mol. The fourth-order valence-corrected chi connectivity index (χ4v) is 1.73. The van der Waals surface area contributed by atoms with Crippen molar-refractivity contribution < 1.29 is 19.5 Å². The van der Waals surface area contributed by atoms with E-state index >= 15 is 0 Å². The van der Waals surface area contributed by atoms with Gasteiger partial charge in [-0.1, -0.05) is 6.92 Å². The van der Waals surface area contributed by atoms with E-state index in [1.807, 2.05) is 13.8 Å². The van der Waals surface area contributed by atoms with Gasteiger partial charge in [-0.15, -0.1) is 0 Å². The lowest BCUT2D eigenvalue weighted by Gasteiger charge is -2.24. The summed E-state index contributed by atoms with van der Waals surface area (Å²) in [6.07, 6.45) is 0.267. The fourth-order valence-electron chi connectivity index (χ4n) is 1.73. The van der Waals surface area contributed by atoms with Crippen molar-refractivity contribution in [2.45, 2.75) is 45.7 Å². The standard InChI is InChI=1S/C16H22N2O4/c1-5-16(4,15(21)22)18-14(20)12-8-6-11(7-9-12)13(19)17-10(2)3/h6-10H,5H2,1-4H3,(H,17,19)(H,18,20)(H,21,22). The van der Waals surface area contributed by atoms with Gasteiger partial charge in [0.05, 0.1) is 0 Å². The number of rotatable bonds is 6. The molecule has 1 aromatic carbocycles. The summed E-state index contributed by atoms with van der Waals surface area (Å²) in [6, 6.07) is 6.11. The first-order chi connectivity index (χ1) is 10.2. The monoisotopic (exact) mass is 306 g/mol. The Hall–Kier alpha value is -2.37. The Bertz CT molecular complexity index is 566. The molecule has 0 aliphatic carbocycles. The van der Waals surface area contributed by atoms with Crippen molar-refractivity contribution in [3.05, 3.63) is 35.4 Å². The maximum atomic E-state index is 12.1. The number of hydrogen-bond acceptors (Lipinski definition) is 3. The zero-order chi connectivity index (χ0) is 16.9. The van der Waals surface area contributed by atoms with Crippen LogP contribution in [0.2, 0.25) is 0 Å². The fraction of sp³-hybridized carbons (Fsp3) is 0.438. The zero-order valence-corrected chi connectivity index (χ0v) is 13.3. The third kappa shape index (κ3) is 4.31. The highest BCUT2D eigenvalue weighted by molar-refractivity contribution is 5.99. The number of aliphatic carboxylic acids is 1. The minimum atomic E-state index is -1.31. The molecule has 0 saturated carbocycles. The molecule has 0 saturated heterocycles. The smallest absolute Gasteiger partial charge is 0.329 e. The molecule has 0 aliphatic rings. The molecule has 1 unspecified atom stereocenters. The first kappa shape index (κ1) is 17.7. The highest BCUT2D eigenvalue weighted by atomic mass is 16.4. The predicted octanol–water partition coefficient (Wildman–Crippen LogP) is 1.81. The molecule has 0 heterocycles. The second kappa shape index (κ2) is 7.06. The summed E-state index contributed by atoms with van der Waals surface area (Å²) in [5.74, 6) is -1.79. The van der Waals surface area contributed by atoms with Crippen LogP contribution in [0.25, 0.3) is 0 Å². The maximum absolute atomic E-state index is 12.1. The van der Waals surface area contributed by atoms with Gasteiger partial charge in [-0.25, -0.2) is 4.79 Å². The third-order valence-electron chi connectivity index (χ3n) is 3.40. The van der Waals surface area contributed by atoms with Crippen LogP contribution in [0.5, 0.6) is 0 Å². The topological polar surface area (TPSA) is 95.5 Å². The molecule has 0 radical (unpaired) electrons. The van der Waals surface area contributed by atoms with Crippen molar-refractivity contribution in [1.29, 1.82) is 0 Å². The quantitative estimate of drug-likeness (QED) is 0.747. The maximum Gasteiger partial charge on any atom is 0.329 e. The van der Waals surface area contributed by atoms with Gasteiger partial charge in [-0.05, 0) is 51.5 Å². The first-order valence-corrected chi connectivity index (χ1v) is 7.16. The van der Waals surface area contributed by atoms with Gasteiger partial charge in [0.2, 0.25) is 0 Å². The Balaban J connectivity index is 2.84. The van der Waals surface area contributed by atoms with Crippen LogP contribution in [-0.4, -0.2) is 34.5 Å². The summed E-state index contributed by atoms with van der Waals surface area (Å²) < 4.78 is 0. The largest absolute Gasteiger partial charge is 0.480 e. The highest BCUT2D eigenvalue weighted by Crippen LogP contribution is 2.12. The second-order valence-corrected chi connectivity index (χ2v) is 5.65. The van der Waals surface area contributed by atoms with Crippen molar-refractivity contribution in [3.8, 4) is 0 Å². The normalized spacial score (nSPS) is 13.3. The van der Waals surface area contributed by atoms with Gasteiger partial charge in [0.25, 0.3) is 11.8 Å². The summed E-state index contributed by atoms with van der Waals surface area (Å²) in [6.45, 7) is 6.86. The summed E-state index contributed by atoms with van der Waals surface area (Å²) in [7, 11) is 0. The molecule has 0 aliphatic heterocycles. The van der Waals surface area contributed by atoms with Crippen LogP contribution >= 0.6 is 0 Å². The van der Waals surface area contributed by atoms with Gasteiger partial charge in [0.1, 0.15) is 5.54 Å². The molecular weight excluding hydrogens is 284 g/mol. The molecule has 1 aromatic rings. The summed E-state index contributed by atoms with van der Waals surface area (Å²) >= 11 is 0. The molecule has 0 fully saturated rings.